The molecule has 128 valence electrons. The summed E-state index contributed by atoms with van der Waals surface area (Å²) in [6.07, 6.45) is 8.99. The summed E-state index contributed by atoms with van der Waals surface area (Å²) in [6, 6.07) is 12.9. The Kier molecular flexibility index (Phi) is 5.55. The summed E-state index contributed by atoms with van der Waals surface area (Å²) in [7, 11) is 2.06. The quantitative estimate of drug-likeness (QED) is 0.481. The lowest BCUT2D eigenvalue weighted by atomic mass is 10.0. The monoisotopic (exact) mass is 323 g/mol. The topological polar surface area (TPSA) is 22.0 Å². The van der Waals surface area contributed by atoms with Gasteiger partial charge in [-0.05, 0) is 62.6 Å². The average Bonchev–Trinajstić information content (AvgIpc) is 3.22. The van der Waals surface area contributed by atoms with E-state index in [1.54, 1.807) is 0 Å². The van der Waals surface area contributed by atoms with Gasteiger partial charge in [0.15, 0.2) is 5.78 Å². The SMILES string of the molecule is Cc1ccc(CCCCC(=O)c2ccc(C3CCCC3)n2C)cc1. The van der Waals surface area contributed by atoms with Crippen molar-refractivity contribution in [1.82, 2.24) is 4.57 Å². The highest BCUT2D eigenvalue weighted by Crippen LogP contribution is 2.34. The van der Waals surface area contributed by atoms with Crippen LogP contribution in [0.2, 0.25) is 0 Å². The summed E-state index contributed by atoms with van der Waals surface area (Å²) in [6.45, 7) is 2.11. The zero-order valence-corrected chi connectivity index (χ0v) is 15.1. The molecule has 0 bridgehead atoms. The lowest BCUT2D eigenvalue weighted by molar-refractivity contribution is 0.0971. The maximum absolute atomic E-state index is 12.5. The van der Waals surface area contributed by atoms with Crippen LogP contribution in [-0.4, -0.2) is 10.4 Å². The van der Waals surface area contributed by atoms with E-state index in [0.29, 0.717) is 18.1 Å². The van der Waals surface area contributed by atoms with E-state index in [2.05, 4.69) is 48.9 Å². The first kappa shape index (κ1) is 17.0. The Morgan fingerprint density at radius 1 is 1.04 bits per heavy atom. The first-order valence-electron chi connectivity index (χ1n) is 9.39. The minimum Gasteiger partial charge on any atom is -0.345 e. The minimum atomic E-state index is 0.297. The second-order valence-corrected chi connectivity index (χ2v) is 7.30. The van der Waals surface area contributed by atoms with Crippen molar-refractivity contribution in [3.63, 3.8) is 0 Å². The van der Waals surface area contributed by atoms with E-state index >= 15 is 0 Å². The number of hydrogen-bond donors (Lipinski definition) is 0. The Balaban J connectivity index is 1.49. The number of benzene rings is 1. The molecule has 1 aliphatic rings. The molecule has 1 heterocycles. The second-order valence-electron chi connectivity index (χ2n) is 7.30. The molecule has 0 N–H and O–H groups in total. The van der Waals surface area contributed by atoms with Gasteiger partial charge < -0.3 is 4.57 Å². The second kappa shape index (κ2) is 7.83. The standard InChI is InChI=1S/C22H29NO/c1-17-11-13-18(14-12-17)7-3-6-10-22(24)21-16-15-20(23(21)2)19-8-4-5-9-19/h11-16,19H,3-10H2,1-2H3. The number of hydrogen-bond acceptors (Lipinski definition) is 1. The van der Waals surface area contributed by atoms with E-state index < -0.39 is 0 Å². The molecule has 0 amide bonds. The number of aryl methyl sites for hydroxylation is 2. The van der Waals surface area contributed by atoms with Crippen LogP contribution >= 0.6 is 0 Å². The molecule has 2 heteroatoms. The van der Waals surface area contributed by atoms with Crippen molar-refractivity contribution in [2.45, 2.75) is 64.2 Å². The largest absolute Gasteiger partial charge is 0.345 e. The lowest BCUT2D eigenvalue weighted by Gasteiger charge is -2.12. The van der Waals surface area contributed by atoms with E-state index in [1.807, 2.05) is 6.07 Å². The first-order chi connectivity index (χ1) is 11.6. The van der Waals surface area contributed by atoms with Crippen LogP contribution in [0.5, 0.6) is 0 Å². The van der Waals surface area contributed by atoms with E-state index in [0.717, 1.165) is 25.0 Å². The molecule has 2 aromatic rings. The summed E-state index contributed by atoms with van der Waals surface area (Å²) in [5, 5.41) is 0. The predicted molar refractivity (Wildman–Crippen MR) is 99.7 cm³/mol. The van der Waals surface area contributed by atoms with Crippen LogP contribution < -0.4 is 0 Å². The highest BCUT2D eigenvalue weighted by molar-refractivity contribution is 5.94. The maximum atomic E-state index is 12.5. The van der Waals surface area contributed by atoms with E-state index in [4.69, 9.17) is 0 Å². The molecule has 1 fully saturated rings. The fourth-order valence-electron chi connectivity index (χ4n) is 3.94. The Morgan fingerprint density at radius 3 is 2.46 bits per heavy atom. The number of rotatable bonds is 7. The third kappa shape index (κ3) is 3.98. The highest BCUT2D eigenvalue weighted by atomic mass is 16.1. The third-order valence-corrected chi connectivity index (χ3v) is 5.46. The van der Waals surface area contributed by atoms with Crippen LogP contribution in [0.1, 0.15) is 78.2 Å². The zero-order chi connectivity index (χ0) is 16.9. The van der Waals surface area contributed by atoms with Crippen LogP contribution in [0.4, 0.5) is 0 Å². The molecule has 0 atom stereocenters. The van der Waals surface area contributed by atoms with Gasteiger partial charge in [-0.3, -0.25) is 4.79 Å². The molecular weight excluding hydrogens is 294 g/mol. The van der Waals surface area contributed by atoms with Crippen LogP contribution in [0.15, 0.2) is 36.4 Å². The van der Waals surface area contributed by atoms with Gasteiger partial charge in [-0.1, -0.05) is 42.7 Å². The van der Waals surface area contributed by atoms with Gasteiger partial charge in [-0.15, -0.1) is 0 Å². The summed E-state index contributed by atoms with van der Waals surface area (Å²) in [5.41, 5.74) is 4.92. The number of aromatic nitrogens is 1. The summed E-state index contributed by atoms with van der Waals surface area (Å²) >= 11 is 0. The molecule has 1 aliphatic carbocycles. The normalized spacial score (nSPS) is 15.1. The molecule has 3 rings (SSSR count). The van der Waals surface area contributed by atoms with Gasteiger partial charge in [-0.25, -0.2) is 0 Å². The number of Topliss-reactive ketones (excluding diaryl/α,β-unsaturated/α-hetero) is 1. The van der Waals surface area contributed by atoms with Crippen molar-refractivity contribution in [3.05, 3.63) is 58.9 Å². The van der Waals surface area contributed by atoms with Crippen molar-refractivity contribution in [2.75, 3.05) is 0 Å². The molecule has 0 unspecified atom stereocenters. The van der Waals surface area contributed by atoms with Gasteiger partial charge in [0.1, 0.15) is 0 Å². The van der Waals surface area contributed by atoms with Crippen LogP contribution in [-0.2, 0) is 13.5 Å². The number of unbranched alkanes of at least 4 members (excludes halogenated alkanes) is 1. The predicted octanol–water partition coefficient (Wildman–Crippen LogP) is 5.59. The van der Waals surface area contributed by atoms with Crippen molar-refractivity contribution >= 4 is 5.78 Å². The molecule has 1 aromatic heterocycles. The van der Waals surface area contributed by atoms with Crippen LogP contribution in [0.3, 0.4) is 0 Å². The third-order valence-electron chi connectivity index (χ3n) is 5.46. The van der Waals surface area contributed by atoms with Gasteiger partial charge in [0.05, 0.1) is 5.69 Å². The molecule has 0 aliphatic heterocycles. The van der Waals surface area contributed by atoms with E-state index in [-0.39, 0.29) is 0 Å². The first-order valence-corrected chi connectivity index (χ1v) is 9.39. The van der Waals surface area contributed by atoms with Crippen molar-refractivity contribution in [3.8, 4) is 0 Å². The number of ketones is 1. The van der Waals surface area contributed by atoms with E-state index in [1.165, 1.54) is 42.5 Å². The van der Waals surface area contributed by atoms with Gasteiger partial charge in [0, 0.05) is 19.2 Å². The molecule has 24 heavy (non-hydrogen) atoms. The Labute approximate surface area is 145 Å². The van der Waals surface area contributed by atoms with Crippen molar-refractivity contribution in [2.24, 2.45) is 7.05 Å². The Morgan fingerprint density at radius 2 is 1.75 bits per heavy atom. The van der Waals surface area contributed by atoms with Gasteiger partial charge in [0.25, 0.3) is 0 Å². The van der Waals surface area contributed by atoms with Gasteiger partial charge in [-0.2, -0.15) is 0 Å². The van der Waals surface area contributed by atoms with Crippen LogP contribution in [0, 0.1) is 6.92 Å². The van der Waals surface area contributed by atoms with Crippen molar-refractivity contribution in [1.29, 1.82) is 0 Å². The van der Waals surface area contributed by atoms with Gasteiger partial charge in [0.2, 0.25) is 0 Å². The van der Waals surface area contributed by atoms with Crippen LogP contribution in [0.25, 0.3) is 0 Å². The fraction of sp³-hybridized carbons (Fsp3) is 0.500. The maximum Gasteiger partial charge on any atom is 0.179 e. The number of nitrogens with zero attached hydrogens (tertiary/aromatic N) is 1. The fourth-order valence-corrected chi connectivity index (χ4v) is 3.94. The molecule has 0 spiro atoms. The number of carbonyl (C=O) groups is 1. The Bertz CT molecular complexity index is 674. The summed E-state index contributed by atoms with van der Waals surface area (Å²) in [4.78, 5) is 12.5. The minimum absolute atomic E-state index is 0.297. The molecule has 1 saturated carbocycles. The van der Waals surface area contributed by atoms with Gasteiger partial charge >= 0.3 is 0 Å². The number of carbonyl (C=O) groups excluding carboxylic acids is 1. The lowest BCUT2D eigenvalue weighted by Crippen LogP contribution is -2.09. The summed E-state index contributed by atoms with van der Waals surface area (Å²) < 4.78 is 2.15. The molecule has 1 aromatic carbocycles. The highest BCUT2D eigenvalue weighted by Gasteiger charge is 2.22. The molecule has 0 radical (unpaired) electrons. The van der Waals surface area contributed by atoms with E-state index in [9.17, 15) is 4.79 Å². The average molecular weight is 323 g/mol. The molecule has 2 nitrogen and oxygen atoms in total. The smallest absolute Gasteiger partial charge is 0.179 e. The molecule has 0 saturated heterocycles. The Hall–Kier alpha value is -1.83. The molecular formula is C22H29NO. The zero-order valence-electron chi connectivity index (χ0n) is 15.1. The van der Waals surface area contributed by atoms with Crippen molar-refractivity contribution < 1.29 is 4.79 Å². The summed E-state index contributed by atoms with van der Waals surface area (Å²) in [5.74, 6) is 0.962.